The van der Waals surface area contributed by atoms with Gasteiger partial charge in [0.1, 0.15) is 0 Å². The predicted molar refractivity (Wildman–Crippen MR) is 13.7 cm³/mol. The van der Waals surface area contributed by atoms with E-state index in [2.05, 4.69) is 4.29 Å². The number of carbonyl (C=O) groups is 2. The topological polar surface area (TPSA) is 86.7 Å². The van der Waals surface area contributed by atoms with E-state index in [1.165, 1.54) is 0 Å². The zero-order chi connectivity index (χ0) is 6.57. The standard InChI is InChI=1S/C2HClO5/c4-1(5)2(6)8-3-7/h(H,4,5). The second-order valence-electron chi connectivity index (χ2n) is 0.733. The van der Waals surface area contributed by atoms with Gasteiger partial charge < -0.3 is 9.77 Å². The summed E-state index contributed by atoms with van der Waals surface area (Å²) in [5.41, 5.74) is 0. The minimum Gasteiger partial charge on any atom is -0.495 e. The van der Waals surface area contributed by atoms with Crippen LogP contribution in [0.15, 0.2) is 0 Å². The third-order valence-electron chi connectivity index (χ3n) is 0.276. The summed E-state index contributed by atoms with van der Waals surface area (Å²) in [6.45, 7) is 0. The van der Waals surface area contributed by atoms with Crippen molar-refractivity contribution >= 4 is 11.9 Å². The highest BCUT2D eigenvalue weighted by atomic mass is 35.6. The normalized spacial score (nSPS) is 8.12. The first-order valence-electron chi connectivity index (χ1n) is 1.39. The van der Waals surface area contributed by atoms with Crippen LogP contribution in [0.25, 0.3) is 0 Å². The minimum absolute atomic E-state index is 0.139. The highest BCUT2D eigenvalue weighted by molar-refractivity contribution is 6.28. The van der Waals surface area contributed by atoms with Gasteiger partial charge in [-0.3, -0.25) is 0 Å². The fraction of sp³-hybridized carbons (Fsp3) is 0. The van der Waals surface area contributed by atoms with E-state index < -0.39 is 11.9 Å². The Morgan fingerprint density at radius 3 is 2.25 bits per heavy atom. The molecule has 0 saturated heterocycles. The van der Waals surface area contributed by atoms with E-state index in [0.717, 1.165) is 0 Å². The van der Waals surface area contributed by atoms with Crippen molar-refractivity contribution in [2.75, 3.05) is 0 Å². The average Bonchev–Trinajstić information content (AvgIpc) is 1.67. The van der Waals surface area contributed by atoms with Gasteiger partial charge in [-0.05, 0) is 0 Å². The van der Waals surface area contributed by atoms with Gasteiger partial charge in [0.2, 0.25) is 0 Å². The van der Waals surface area contributed by atoms with Crippen LogP contribution in [0.1, 0.15) is 0 Å². The van der Waals surface area contributed by atoms with Gasteiger partial charge in [0.05, 0.1) is 0 Å². The van der Waals surface area contributed by atoms with Crippen LogP contribution in [0.5, 0.6) is 0 Å². The second-order valence-corrected chi connectivity index (χ2v) is 1.01. The Morgan fingerprint density at radius 2 is 2.12 bits per heavy atom. The molecule has 1 N–H and O–H groups in total. The molecular formula is C2HClO5. The van der Waals surface area contributed by atoms with Crippen molar-refractivity contribution in [3.63, 3.8) is 0 Å². The molecule has 0 aliphatic heterocycles. The minimum atomic E-state index is -1.78. The maximum absolute atomic E-state index is 9.69. The van der Waals surface area contributed by atoms with Crippen LogP contribution in [0.4, 0.5) is 0 Å². The van der Waals surface area contributed by atoms with E-state index >= 15 is 0 Å². The third-order valence-corrected chi connectivity index (χ3v) is 0.479. The molecule has 0 atom stereocenters. The summed E-state index contributed by atoms with van der Waals surface area (Å²) < 4.78 is 12.6. The lowest BCUT2D eigenvalue weighted by molar-refractivity contribution is -1.26. The van der Waals surface area contributed by atoms with Crippen LogP contribution in [0, 0.1) is 11.3 Å². The van der Waals surface area contributed by atoms with Gasteiger partial charge in [-0.15, -0.1) is 0 Å². The summed E-state index contributed by atoms with van der Waals surface area (Å²) >= 11 is -0.139. The molecule has 0 saturated carbocycles. The van der Waals surface area contributed by atoms with Crippen LogP contribution >= 0.6 is 0 Å². The van der Waals surface area contributed by atoms with Crippen LogP contribution in [0.2, 0.25) is 0 Å². The first-order valence-corrected chi connectivity index (χ1v) is 2.01. The summed E-state index contributed by atoms with van der Waals surface area (Å²) in [7, 11) is 0. The van der Waals surface area contributed by atoms with Gasteiger partial charge in [-0.2, -0.15) is 4.29 Å². The molecule has 0 heterocycles. The smallest absolute Gasteiger partial charge is 0.483 e. The molecule has 0 aliphatic carbocycles. The number of carboxylic acids is 1. The van der Waals surface area contributed by atoms with E-state index in [-0.39, 0.29) is 11.3 Å². The van der Waals surface area contributed by atoms with Crippen molar-refractivity contribution in [1.29, 1.82) is 0 Å². The Bertz CT molecular complexity index is 109. The molecular weight excluding hydrogens is 139 g/mol. The maximum Gasteiger partial charge on any atom is 0.483 e. The molecule has 6 heteroatoms. The molecule has 0 aromatic rings. The molecule has 8 heavy (non-hydrogen) atoms. The van der Waals surface area contributed by atoms with Gasteiger partial charge in [0.15, 0.2) is 0 Å². The predicted octanol–water partition coefficient (Wildman–Crippen LogP) is -2.11. The molecule has 0 fully saturated rings. The third kappa shape index (κ3) is 2.38. The van der Waals surface area contributed by atoms with Gasteiger partial charge in [0.25, 0.3) is 0 Å². The Balaban J connectivity index is 3.49. The zero-order valence-corrected chi connectivity index (χ0v) is 4.21. The Kier molecular flexibility index (Phi) is 2.90. The molecule has 0 rings (SSSR count). The number of carboxylic acid groups (broad SMARTS) is 1. The summed E-state index contributed by atoms with van der Waals surface area (Å²) in [5.74, 6) is -3.36. The molecule has 0 bridgehead atoms. The highest BCUT2D eigenvalue weighted by Crippen LogP contribution is 1.73. The van der Waals surface area contributed by atoms with Gasteiger partial charge in [0, 0.05) is 0 Å². The fourth-order valence-electron chi connectivity index (χ4n) is 0.0616. The molecule has 0 aliphatic rings. The van der Waals surface area contributed by atoms with Crippen LogP contribution in [0.3, 0.4) is 0 Å². The number of hydrogen-bond acceptors (Lipinski definition) is 4. The summed E-state index contributed by atoms with van der Waals surface area (Å²) in [5, 5.41) is 7.68. The lowest BCUT2D eigenvalue weighted by Crippen LogP contribution is -2.19. The Hall–Kier alpha value is -0.810. The number of carbonyl (C=O) groups excluding carboxylic acids is 1. The van der Waals surface area contributed by atoms with Crippen molar-refractivity contribution < 1.29 is 35.0 Å². The number of rotatable bonds is 1. The van der Waals surface area contributed by atoms with Crippen LogP contribution in [-0.2, 0) is 13.9 Å². The summed E-state index contributed by atoms with van der Waals surface area (Å²) in [6.07, 6.45) is 0. The number of halogens is 1. The van der Waals surface area contributed by atoms with Crippen LogP contribution in [-0.4, -0.2) is 17.0 Å². The molecule has 0 aromatic carbocycles. The highest BCUT2D eigenvalue weighted by Gasteiger charge is 2.17. The molecule has 0 aromatic heterocycles. The Morgan fingerprint density at radius 1 is 1.62 bits per heavy atom. The summed E-state index contributed by atoms with van der Waals surface area (Å²) in [6, 6.07) is 0. The molecule has 0 radical (unpaired) electrons. The largest absolute Gasteiger partial charge is 0.495 e. The van der Waals surface area contributed by atoms with Crippen molar-refractivity contribution in [3.8, 4) is 0 Å². The zero-order valence-electron chi connectivity index (χ0n) is 3.46. The lowest BCUT2D eigenvalue weighted by atomic mass is 10.7. The van der Waals surface area contributed by atoms with Gasteiger partial charge in [-0.1, -0.05) is 0 Å². The van der Waals surface area contributed by atoms with Crippen molar-refractivity contribution in [3.05, 3.63) is 0 Å². The second kappa shape index (κ2) is 3.23. The van der Waals surface area contributed by atoms with Gasteiger partial charge >= 0.3 is 23.3 Å². The van der Waals surface area contributed by atoms with Crippen molar-refractivity contribution in [1.82, 2.24) is 0 Å². The fourth-order valence-corrected chi connectivity index (χ4v) is 0.185. The Labute approximate surface area is 47.9 Å². The first kappa shape index (κ1) is 7.19. The van der Waals surface area contributed by atoms with Crippen molar-refractivity contribution in [2.45, 2.75) is 0 Å². The first-order chi connectivity index (χ1) is 3.68. The average molecular weight is 140 g/mol. The van der Waals surface area contributed by atoms with E-state index in [1.807, 2.05) is 0 Å². The number of hydrogen-bond donors (Lipinski definition) is 1. The van der Waals surface area contributed by atoms with E-state index in [4.69, 9.17) is 5.11 Å². The quantitative estimate of drug-likeness (QED) is 0.421. The SMILES string of the molecule is O=C(O)C(=O)O[Cl+][O-]. The van der Waals surface area contributed by atoms with E-state index in [9.17, 15) is 14.2 Å². The molecule has 0 unspecified atom stereocenters. The van der Waals surface area contributed by atoms with E-state index in [0.29, 0.717) is 0 Å². The molecule has 0 amide bonds. The van der Waals surface area contributed by atoms with Gasteiger partial charge in [-0.25, -0.2) is 9.59 Å². The lowest BCUT2D eigenvalue weighted by Gasteiger charge is -1.79. The number of aliphatic carboxylic acids is 1. The molecule has 0 spiro atoms. The van der Waals surface area contributed by atoms with Crippen LogP contribution < -0.4 is 4.66 Å². The van der Waals surface area contributed by atoms with E-state index in [1.54, 1.807) is 0 Å². The molecule has 46 valence electrons. The maximum atomic E-state index is 9.69. The monoisotopic (exact) mass is 140 g/mol. The summed E-state index contributed by atoms with van der Waals surface area (Å²) in [4.78, 5) is 19.1. The van der Waals surface area contributed by atoms with Crippen molar-refractivity contribution in [2.24, 2.45) is 0 Å². The molecule has 5 nitrogen and oxygen atoms in total.